The van der Waals surface area contributed by atoms with E-state index in [0.29, 0.717) is 19.5 Å². The number of nitrogens with one attached hydrogen (secondary N) is 1. The average molecular weight is 335 g/mol. The molecule has 1 saturated heterocycles. The summed E-state index contributed by atoms with van der Waals surface area (Å²) in [6.45, 7) is 4.98. The number of rotatable bonds is 3. The first-order chi connectivity index (χ1) is 12.2. The van der Waals surface area contributed by atoms with Gasteiger partial charge in [-0.2, -0.15) is 0 Å². The van der Waals surface area contributed by atoms with Crippen molar-refractivity contribution in [3.63, 3.8) is 0 Å². The van der Waals surface area contributed by atoms with E-state index in [4.69, 9.17) is 0 Å². The maximum absolute atomic E-state index is 12.8. The molecular weight excluding hydrogens is 314 g/mol. The zero-order chi connectivity index (χ0) is 17.2. The molecule has 2 aromatic heterocycles. The number of aryl methyl sites for hydroxylation is 1. The molecule has 0 radical (unpaired) electrons. The normalized spacial score (nSPS) is 14.9. The lowest BCUT2D eigenvalue weighted by molar-refractivity contribution is -0.130. The van der Waals surface area contributed by atoms with E-state index < -0.39 is 0 Å². The molecule has 3 aromatic rings. The molecule has 1 amide bonds. The van der Waals surface area contributed by atoms with Crippen LogP contribution in [0.2, 0.25) is 0 Å². The Morgan fingerprint density at radius 1 is 1.08 bits per heavy atom. The summed E-state index contributed by atoms with van der Waals surface area (Å²) < 4.78 is 0. The molecule has 1 fully saturated rings. The predicted molar refractivity (Wildman–Crippen MR) is 97.6 cm³/mol. The first-order valence-electron chi connectivity index (χ1n) is 8.58. The average Bonchev–Trinajstić information content (AvgIpc) is 2.98. The molecule has 0 bridgehead atoms. The number of H-pyrrole nitrogens is 1. The van der Waals surface area contributed by atoms with Crippen LogP contribution in [-0.4, -0.2) is 51.9 Å². The number of nitrogens with zero attached hydrogens (tertiary/aromatic N) is 4. The number of benzene rings is 1. The fraction of sp³-hybridized carbons (Fsp3) is 0.316. The Hall–Kier alpha value is -2.89. The second kappa shape index (κ2) is 6.55. The van der Waals surface area contributed by atoms with Crippen molar-refractivity contribution in [1.82, 2.24) is 19.9 Å². The van der Waals surface area contributed by atoms with Gasteiger partial charge in [-0.1, -0.05) is 18.2 Å². The van der Waals surface area contributed by atoms with Crippen molar-refractivity contribution in [3.05, 3.63) is 54.0 Å². The molecule has 0 atom stereocenters. The van der Waals surface area contributed by atoms with Crippen molar-refractivity contribution in [2.45, 2.75) is 13.3 Å². The number of aromatic amines is 1. The number of hydrogen-bond acceptors (Lipinski definition) is 4. The minimum atomic E-state index is 0.182. The molecule has 0 aliphatic carbocycles. The molecule has 4 rings (SSSR count). The van der Waals surface area contributed by atoms with Gasteiger partial charge < -0.3 is 14.8 Å². The second-order valence-electron chi connectivity index (χ2n) is 6.37. The highest BCUT2D eigenvalue weighted by molar-refractivity contribution is 5.90. The second-order valence-corrected chi connectivity index (χ2v) is 6.37. The third-order valence-electron chi connectivity index (χ3n) is 4.82. The van der Waals surface area contributed by atoms with Gasteiger partial charge in [-0.25, -0.2) is 9.97 Å². The number of carbonyl (C=O) groups is 1. The lowest BCUT2D eigenvalue weighted by Crippen LogP contribution is -2.49. The first-order valence-corrected chi connectivity index (χ1v) is 8.58. The van der Waals surface area contributed by atoms with E-state index in [-0.39, 0.29) is 5.91 Å². The maximum atomic E-state index is 12.8. The molecule has 128 valence electrons. The molecule has 0 spiro atoms. The summed E-state index contributed by atoms with van der Waals surface area (Å²) in [6, 6.07) is 9.96. The van der Waals surface area contributed by atoms with E-state index in [1.54, 1.807) is 12.4 Å². The van der Waals surface area contributed by atoms with E-state index >= 15 is 0 Å². The number of piperazine rings is 1. The van der Waals surface area contributed by atoms with Crippen LogP contribution in [0.5, 0.6) is 0 Å². The highest BCUT2D eigenvalue weighted by Gasteiger charge is 2.23. The van der Waals surface area contributed by atoms with Gasteiger partial charge in [0.1, 0.15) is 0 Å². The van der Waals surface area contributed by atoms with Gasteiger partial charge in [-0.15, -0.1) is 0 Å². The Bertz CT molecular complexity index is 881. The summed E-state index contributed by atoms with van der Waals surface area (Å²) in [5.74, 6) is 0.920. The molecule has 3 heterocycles. The Morgan fingerprint density at radius 3 is 2.56 bits per heavy atom. The Labute approximate surface area is 146 Å². The van der Waals surface area contributed by atoms with Gasteiger partial charge in [-0.05, 0) is 24.6 Å². The van der Waals surface area contributed by atoms with E-state index in [2.05, 4.69) is 32.0 Å². The number of carbonyl (C=O) groups excluding carboxylic acids is 1. The lowest BCUT2D eigenvalue weighted by Gasteiger charge is -2.34. The number of amides is 1. The number of para-hydroxylation sites is 1. The van der Waals surface area contributed by atoms with Crippen LogP contribution in [0, 0.1) is 6.92 Å². The van der Waals surface area contributed by atoms with Crippen LogP contribution in [0.3, 0.4) is 0 Å². The molecule has 1 N–H and O–H groups in total. The van der Waals surface area contributed by atoms with Crippen LogP contribution < -0.4 is 4.90 Å². The van der Waals surface area contributed by atoms with Crippen LogP contribution in [0.25, 0.3) is 10.9 Å². The largest absolute Gasteiger partial charge is 0.358 e. The lowest BCUT2D eigenvalue weighted by atomic mass is 10.1. The van der Waals surface area contributed by atoms with E-state index in [9.17, 15) is 4.79 Å². The van der Waals surface area contributed by atoms with Gasteiger partial charge in [0.25, 0.3) is 0 Å². The van der Waals surface area contributed by atoms with E-state index in [1.165, 1.54) is 0 Å². The van der Waals surface area contributed by atoms with Crippen LogP contribution in [0.1, 0.15) is 11.3 Å². The summed E-state index contributed by atoms with van der Waals surface area (Å²) in [7, 11) is 0. The van der Waals surface area contributed by atoms with Gasteiger partial charge >= 0.3 is 0 Å². The third-order valence-corrected chi connectivity index (χ3v) is 4.82. The quantitative estimate of drug-likeness (QED) is 0.797. The summed E-state index contributed by atoms with van der Waals surface area (Å²) in [4.78, 5) is 28.8. The van der Waals surface area contributed by atoms with Gasteiger partial charge in [0, 0.05) is 55.2 Å². The van der Waals surface area contributed by atoms with Crippen molar-refractivity contribution in [2.75, 3.05) is 31.1 Å². The van der Waals surface area contributed by atoms with Crippen LogP contribution in [0.15, 0.2) is 42.7 Å². The highest BCUT2D eigenvalue weighted by Crippen LogP contribution is 2.23. The fourth-order valence-corrected chi connectivity index (χ4v) is 3.44. The topological polar surface area (TPSA) is 65.1 Å². The van der Waals surface area contributed by atoms with Gasteiger partial charge in [0.15, 0.2) is 0 Å². The first kappa shape index (κ1) is 15.6. The zero-order valence-electron chi connectivity index (χ0n) is 14.3. The summed E-state index contributed by atoms with van der Waals surface area (Å²) in [5.41, 5.74) is 3.27. The molecule has 6 nitrogen and oxygen atoms in total. The Morgan fingerprint density at radius 2 is 1.80 bits per heavy atom. The standard InChI is InChI=1S/C19H21N5O/c1-14-16(15-5-2-3-6-17(15)22-14)13-18(25)23-9-11-24(12-10-23)19-20-7-4-8-21-19/h2-8,22H,9-13H2,1H3. The number of fused-ring (bicyclic) bond motifs is 1. The Kier molecular flexibility index (Phi) is 4.09. The smallest absolute Gasteiger partial charge is 0.227 e. The highest BCUT2D eigenvalue weighted by atomic mass is 16.2. The number of hydrogen-bond donors (Lipinski definition) is 1. The van der Waals surface area contributed by atoms with Crippen molar-refractivity contribution in [2.24, 2.45) is 0 Å². The summed E-state index contributed by atoms with van der Waals surface area (Å²) in [6.07, 6.45) is 3.94. The molecule has 6 heteroatoms. The number of aromatic nitrogens is 3. The minimum Gasteiger partial charge on any atom is -0.358 e. The van der Waals surface area contributed by atoms with Gasteiger partial charge in [0.05, 0.1) is 6.42 Å². The molecule has 0 saturated carbocycles. The van der Waals surface area contributed by atoms with E-state index in [0.717, 1.165) is 41.2 Å². The molecule has 1 aliphatic rings. The number of anilines is 1. The molecular formula is C19H21N5O. The van der Waals surface area contributed by atoms with Crippen LogP contribution in [-0.2, 0) is 11.2 Å². The predicted octanol–water partition coefficient (Wildman–Crippen LogP) is 2.16. The van der Waals surface area contributed by atoms with Gasteiger partial charge in [0.2, 0.25) is 11.9 Å². The minimum absolute atomic E-state index is 0.182. The molecule has 25 heavy (non-hydrogen) atoms. The van der Waals surface area contributed by atoms with Crippen molar-refractivity contribution < 1.29 is 4.79 Å². The molecule has 1 aliphatic heterocycles. The van der Waals surface area contributed by atoms with Crippen molar-refractivity contribution in [1.29, 1.82) is 0 Å². The zero-order valence-corrected chi connectivity index (χ0v) is 14.3. The molecule has 1 aromatic carbocycles. The maximum Gasteiger partial charge on any atom is 0.227 e. The SMILES string of the molecule is Cc1[nH]c2ccccc2c1CC(=O)N1CCN(c2ncccn2)CC1. The Balaban J connectivity index is 1.43. The monoisotopic (exact) mass is 335 g/mol. The van der Waals surface area contributed by atoms with Crippen molar-refractivity contribution in [3.8, 4) is 0 Å². The fourth-order valence-electron chi connectivity index (χ4n) is 3.44. The molecule has 0 unspecified atom stereocenters. The van der Waals surface area contributed by atoms with Gasteiger partial charge in [-0.3, -0.25) is 4.79 Å². The van der Waals surface area contributed by atoms with E-state index in [1.807, 2.05) is 30.0 Å². The van der Waals surface area contributed by atoms with Crippen molar-refractivity contribution >= 4 is 22.8 Å². The third kappa shape index (κ3) is 3.07. The summed E-state index contributed by atoms with van der Waals surface area (Å²) >= 11 is 0. The van der Waals surface area contributed by atoms with Crippen LogP contribution in [0.4, 0.5) is 5.95 Å². The van der Waals surface area contributed by atoms with Crippen LogP contribution >= 0.6 is 0 Å². The summed E-state index contributed by atoms with van der Waals surface area (Å²) in [5, 5.41) is 1.14.